The van der Waals surface area contributed by atoms with Crippen LogP contribution >= 0.6 is 0 Å². The zero-order valence-electron chi connectivity index (χ0n) is 15.2. The number of ether oxygens (including phenoxy) is 1. The Morgan fingerprint density at radius 3 is 2.70 bits per heavy atom. The number of aryl methyl sites for hydroxylation is 1. The van der Waals surface area contributed by atoms with Crippen molar-refractivity contribution < 1.29 is 18.4 Å². The molecule has 0 saturated heterocycles. The van der Waals surface area contributed by atoms with Gasteiger partial charge >= 0.3 is 0 Å². The molecule has 1 aromatic heterocycles. The molecule has 2 aromatic carbocycles. The normalized spacial score (nSPS) is 11.8. The van der Waals surface area contributed by atoms with E-state index in [2.05, 4.69) is 10.5 Å². The van der Waals surface area contributed by atoms with E-state index in [-0.39, 0.29) is 30.1 Å². The minimum absolute atomic E-state index is 0.0592. The summed E-state index contributed by atoms with van der Waals surface area (Å²) in [5.74, 6) is 0.142. The summed E-state index contributed by atoms with van der Waals surface area (Å²) in [4.78, 5) is 12.7. The Kier molecular flexibility index (Phi) is 5.86. The van der Waals surface area contributed by atoms with Crippen molar-refractivity contribution in [3.8, 4) is 5.75 Å². The molecule has 3 aromatic rings. The highest BCUT2D eigenvalue weighted by atomic mass is 19.1. The van der Waals surface area contributed by atoms with Crippen molar-refractivity contribution in [3.05, 3.63) is 83.0 Å². The largest absolute Gasteiger partial charge is 0.489 e. The summed E-state index contributed by atoms with van der Waals surface area (Å²) >= 11 is 0. The molecule has 140 valence electrons. The molecule has 0 aliphatic carbocycles. The van der Waals surface area contributed by atoms with Gasteiger partial charge in [0.05, 0.1) is 11.6 Å². The highest BCUT2D eigenvalue weighted by Crippen LogP contribution is 2.21. The minimum atomic E-state index is -0.388. The van der Waals surface area contributed by atoms with Gasteiger partial charge in [-0.15, -0.1) is 0 Å². The fraction of sp³-hybridized carbons (Fsp3) is 0.238. The molecule has 0 radical (unpaired) electrons. The van der Waals surface area contributed by atoms with Gasteiger partial charge in [-0.2, -0.15) is 0 Å². The summed E-state index contributed by atoms with van der Waals surface area (Å²) in [5, 5.41) is 6.87. The van der Waals surface area contributed by atoms with Gasteiger partial charge in [0.25, 0.3) is 5.91 Å². The third-order valence-corrected chi connectivity index (χ3v) is 4.29. The van der Waals surface area contributed by atoms with Crippen LogP contribution in [-0.2, 0) is 6.61 Å². The van der Waals surface area contributed by atoms with Gasteiger partial charge in [-0.25, -0.2) is 4.39 Å². The first kappa shape index (κ1) is 18.6. The van der Waals surface area contributed by atoms with Crippen LogP contribution in [0.5, 0.6) is 5.75 Å². The van der Waals surface area contributed by atoms with Crippen molar-refractivity contribution in [2.24, 2.45) is 0 Å². The van der Waals surface area contributed by atoms with Gasteiger partial charge < -0.3 is 14.6 Å². The molecule has 1 heterocycles. The average molecular weight is 368 g/mol. The Morgan fingerprint density at radius 1 is 1.22 bits per heavy atom. The van der Waals surface area contributed by atoms with Crippen LogP contribution in [0.2, 0.25) is 0 Å². The van der Waals surface area contributed by atoms with Gasteiger partial charge in [-0.3, -0.25) is 4.79 Å². The summed E-state index contributed by atoms with van der Waals surface area (Å²) in [5.41, 5.74) is 1.74. The zero-order valence-corrected chi connectivity index (χ0v) is 15.2. The van der Waals surface area contributed by atoms with Crippen molar-refractivity contribution in [3.63, 3.8) is 0 Å². The van der Waals surface area contributed by atoms with E-state index in [1.807, 2.05) is 37.3 Å². The Morgan fingerprint density at radius 2 is 2.00 bits per heavy atom. The summed E-state index contributed by atoms with van der Waals surface area (Å²) in [6.45, 7) is 3.77. The highest BCUT2D eigenvalue weighted by molar-refractivity contribution is 5.94. The van der Waals surface area contributed by atoms with Crippen LogP contribution in [0, 0.1) is 12.7 Å². The van der Waals surface area contributed by atoms with E-state index in [1.54, 1.807) is 19.1 Å². The van der Waals surface area contributed by atoms with Crippen LogP contribution < -0.4 is 10.1 Å². The molecule has 27 heavy (non-hydrogen) atoms. The van der Waals surface area contributed by atoms with Gasteiger partial charge in [-0.1, -0.05) is 48.5 Å². The molecule has 1 amide bonds. The van der Waals surface area contributed by atoms with Crippen LogP contribution in [0.15, 0.2) is 59.1 Å². The van der Waals surface area contributed by atoms with Crippen molar-refractivity contribution >= 4 is 5.91 Å². The summed E-state index contributed by atoms with van der Waals surface area (Å²) in [7, 11) is 0. The van der Waals surface area contributed by atoms with Crippen molar-refractivity contribution in [1.29, 1.82) is 0 Å². The topological polar surface area (TPSA) is 64.4 Å². The van der Waals surface area contributed by atoms with Gasteiger partial charge in [0.2, 0.25) is 0 Å². The van der Waals surface area contributed by atoms with Crippen molar-refractivity contribution in [1.82, 2.24) is 10.5 Å². The van der Waals surface area contributed by atoms with E-state index < -0.39 is 0 Å². The van der Waals surface area contributed by atoms with Crippen LogP contribution in [0.4, 0.5) is 4.39 Å². The Bertz CT molecular complexity index is 909. The van der Waals surface area contributed by atoms with Crippen molar-refractivity contribution in [2.45, 2.75) is 32.9 Å². The molecule has 0 aliphatic heterocycles. The number of carbonyl (C=O) groups excluding carboxylic acids is 1. The number of amides is 1. The van der Waals surface area contributed by atoms with Crippen LogP contribution in [-0.4, -0.2) is 11.1 Å². The minimum Gasteiger partial charge on any atom is -0.489 e. The monoisotopic (exact) mass is 368 g/mol. The van der Waals surface area contributed by atoms with Crippen LogP contribution in [0.1, 0.15) is 46.8 Å². The molecule has 6 heteroatoms. The second-order valence-corrected chi connectivity index (χ2v) is 6.16. The second-order valence-electron chi connectivity index (χ2n) is 6.16. The van der Waals surface area contributed by atoms with E-state index in [0.717, 1.165) is 12.0 Å². The first-order valence-corrected chi connectivity index (χ1v) is 8.77. The number of aromatic nitrogens is 1. The fourth-order valence-electron chi connectivity index (χ4n) is 2.78. The molecular formula is C21H21FN2O3. The van der Waals surface area contributed by atoms with E-state index in [0.29, 0.717) is 17.1 Å². The molecule has 1 N–H and O–H groups in total. The lowest BCUT2D eigenvalue weighted by molar-refractivity contribution is 0.0924. The fourth-order valence-corrected chi connectivity index (χ4v) is 2.78. The number of nitrogens with one attached hydrogen (secondary N) is 1. The molecule has 1 atom stereocenters. The van der Waals surface area contributed by atoms with E-state index >= 15 is 0 Å². The molecule has 5 nitrogen and oxygen atoms in total. The summed E-state index contributed by atoms with van der Waals surface area (Å²) in [6.07, 6.45) is 0.738. The highest BCUT2D eigenvalue weighted by Gasteiger charge is 2.23. The van der Waals surface area contributed by atoms with Gasteiger partial charge in [0.15, 0.2) is 5.69 Å². The maximum atomic E-state index is 13.3. The lowest BCUT2D eigenvalue weighted by Gasteiger charge is -2.17. The van der Waals surface area contributed by atoms with Crippen molar-refractivity contribution in [2.75, 3.05) is 0 Å². The lowest BCUT2D eigenvalue weighted by Crippen LogP contribution is -2.29. The summed E-state index contributed by atoms with van der Waals surface area (Å²) < 4.78 is 24.1. The molecule has 0 aliphatic rings. The van der Waals surface area contributed by atoms with Gasteiger partial charge in [0, 0.05) is 6.07 Å². The summed E-state index contributed by atoms with van der Waals surface area (Å²) in [6, 6.07) is 15.4. The number of benzene rings is 2. The standard InChI is InChI=1S/C21H21FN2O3/c1-3-19(15-8-5-4-6-9-15)23-21(25)20-18(14(2)27-24-20)13-26-17-11-7-10-16(22)12-17/h4-12,19H,3,13H2,1-2H3,(H,23,25). The third-order valence-electron chi connectivity index (χ3n) is 4.29. The first-order valence-electron chi connectivity index (χ1n) is 8.77. The van der Waals surface area contributed by atoms with Crippen LogP contribution in [0.3, 0.4) is 0 Å². The number of nitrogens with zero attached hydrogens (tertiary/aromatic N) is 1. The van der Waals surface area contributed by atoms with Gasteiger partial charge in [-0.05, 0) is 31.0 Å². The third kappa shape index (κ3) is 4.53. The number of carbonyl (C=O) groups is 1. The van der Waals surface area contributed by atoms with Crippen LogP contribution in [0.25, 0.3) is 0 Å². The Balaban J connectivity index is 1.74. The number of hydrogen-bond donors (Lipinski definition) is 1. The Labute approximate surface area is 157 Å². The molecule has 0 fully saturated rings. The predicted octanol–water partition coefficient (Wildman–Crippen LogP) is 4.58. The molecule has 0 spiro atoms. The Hall–Kier alpha value is -3.15. The molecular weight excluding hydrogens is 347 g/mol. The maximum absolute atomic E-state index is 13.3. The lowest BCUT2D eigenvalue weighted by atomic mass is 10.0. The number of hydrogen-bond acceptors (Lipinski definition) is 4. The molecule has 0 bridgehead atoms. The zero-order chi connectivity index (χ0) is 19.2. The number of halogens is 1. The van der Waals surface area contributed by atoms with E-state index in [1.165, 1.54) is 12.1 Å². The van der Waals surface area contributed by atoms with E-state index in [9.17, 15) is 9.18 Å². The van der Waals surface area contributed by atoms with E-state index in [4.69, 9.17) is 9.26 Å². The average Bonchev–Trinajstić information content (AvgIpc) is 3.05. The quantitative estimate of drug-likeness (QED) is 0.663. The maximum Gasteiger partial charge on any atom is 0.274 e. The second kappa shape index (κ2) is 8.49. The number of rotatable bonds is 7. The smallest absolute Gasteiger partial charge is 0.274 e. The molecule has 0 saturated carbocycles. The SMILES string of the molecule is CCC(NC(=O)c1noc(C)c1COc1cccc(F)c1)c1ccccc1. The predicted molar refractivity (Wildman–Crippen MR) is 98.9 cm³/mol. The molecule has 3 rings (SSSR count). The molecule has 1 unspecified atom stereocenters. The van der Waals surface area contributed by atoms with Gasteiger partial charge in [0.1, 0.15) is 23.9 Å². The first-order chi connectivity index (χ1) is 13.1.